The first-order valence-electron chi connectivity index (χ1n) is 8.70. The number of hydrogen-bond donors (Lipinski definition) is 2. The molecule has 1 fully saturated rings. The minimum Gasteiger partial charge on any atom is -0.325 e. The number of halogens is 1. The highest BCUT2D eigenvalue weighted by Crippen LogP contribution is 2.32. The number of carbonyl (C=O) groups excluding carboxylic acids is 2. The van der Waals surface area contributed by atoms with Crippen molar-refractivity contribution >= 4 is 39.1 Å². The Balaban J connectivity index is 1.68. The van der Waals surface area contributed by atoms with E-state index in [0.29, 0.717) is 16.3 Å². The van der Waals surface area contributed by atoms with Crippen LogP contribution in [-0.4, -0.2) is 50.0 Å². The molecule has 0 saturated carbocycles. The van der Waals surface area contributed by atoms with E-state index in [2.05, 4.69) is 10.0 Å². The lowest BCUT2D eigenvalue weighted by atomic mass is 10.0. The van der Waals surface area contributed by atoms with Crippen molar-refractivity contribution in [2.24, 2.45) is 0 Å². The van der Waals surface area contributed by atoms with Gasteiger partial charge in [-0.25, -0.2) is 13.1 Å². The van der Waals surface area contributed by atoms with Crippen LogP contribution in [0.1, 0.15) is 16.8 Å². The van der Waals surface area contributed by atoms with Gasteiger partial charge in [0.1, 0.15) is 6.04 Å². The second-order valence-corrected chi connectivity index (χ2v) is 9.27. The predicted octanol–water partition coefficient (Wildman–Crippen LogP) is 2.09. The normalized spacial score (nSPS) is 21.7. The van der Waals surface area contributed by atoms with E-state index in [1.54, 1.807) is 24.3 Å². The SMILES string of the molecule is CS(=O)(=O)N[C@@H]1C[C@@H]2C(=O)Nc3ccc(-c4ccc(Cl)cc4)cc3C(=O)N2C1. The highest BCUT2D eigenvalue weighted by atomic mass is 35.5. The van der Waals surface area contributed by atoms with E-state index >= 15 is 0 Å². The molecule has 0 spiro atoms. The summed E-state index contributed by atoms with van der Waals surface area (Å²) in [6.45, 7) is 0.147. The van der Waals surface area contributed by atoms with Crippen molar-refractivity contribution in [2.45, 2.75) is 18.5 Å². The fraction of sp³-hybridized carbons (Fsp3) is 0.263. The lowest BCUT2D eigenvalue weighted by Gasteiger charge is -2.20. The molecule has 9 heteroatoms. The van der Waals surface area contributed by atoms with Crippen molar-refractivity contribution in [1.29, 1.82) is 0 Å². The van der Waals surface area contributed by atoms with Crippen molar-refractivity contribution in [3.63, 3.8) is 0 Å². The number of fused-ring (bicyclic) bond motifs is 2. The predicted molar refractivity (Wildman–Crippen MR) is 107 cm³/mol. The molecule has 0 aromatic heterocycles. The third-order valence-corrected chi connectivity index (χ3v) is 5.94. The van der Waals surface area contributed by atoms with Gasteiger partial charge >= 0.3 is 0 Å². The minimum atomic E-state index is -3.43. The Morgan fingerprint density at radius 3 is 2.46 bits per heavy atom. The molecule has 0 aliphatic carbocycles. The molecule has 1 saturated heterocycles. The van der Waals surface area contributed by atoms with Crippen molar-refractivity contribution in [3.8, 4) is 11.1 Å². The first-order chi connectivity index (χ1) is 13.2. The summed E-state index contributed by atoms with van der Waals surface area (Å²) in [7, 11) is -3.43. The Bertz CT molecular complexity index is 1070. The molecule has 146 valence electrons. The summed E-state index contributed by atoms with van der Waals surface area (Å²) in [5, 5.41) is 3.41. The topological polar surface area (TPSA) is 95.6 Å². The lowest BCUT2D eigenvalue weighted by molar-refractivity contribution is -0.119. The third kappa shape index (κ3) is 3.63. The number of anilines is 1. The molecule has 0 radical (unpaired) electrons. The van der Waals surface area contributed by atoms with Crippen molar-refractivity contribution in [2.75, 3.05) is 18.1 Å². The van der Waals surface area contributed by atoms with Crippen LogP contribution in [0.2, 0.25) is 5.02 Å². The van der Waals surface area contributed by atoms with Gasteiger partial charge in [-0.05, 0) is 41.8 Å². The molecule has 2 aliphatic rings. The van der Waals surface area contributed by atoms with Crippen LogP contribution in [0.25, 0.3) is 11.1 Å². The quantitative estimate of drug-likeness (QED) is 0.796. The number of hydrogen-bond acceptors (Lipinski definition) is 4. The van der Waals surface area contributed by atoms with Crippen LogP contribution in [0.5, 0.6) is 0 Å². The monoisotopic (exact) mass is 419 g/mol. The van der Waals surface area contributed by atoms with Gasteiger partial charge in [-0.1, -0.05) is 29.8 Å². The van der Waals surface area contributed by atoms with E-state index < -0.39 is 22.1 Å². The molecule has 2 atom stereocenters. The fourth-order valence-electron chi connectivity index (χ4n) is 3.72. The van der Waals surface area contributed by atoms with Gasteiger partial charge in [0.05, 0.1) is 17.5 Å². The Labute approximate surface area is 167 Å². The molecular weight excluding hydrogens is 402 g/mol. The van der Waals surface area contributed by atoms with Crippen molar-refractivity contribution in [3.05, 3.63) is 53.1 Å². The van der Waals surface area contributed by atoms with E-state index in [9.17, 15) is 18.0 Å². The van der Waals surface area contributed by atoms with Crippen molar-refractivity contribution < 1.29 is 18.0 Å². The highest BCUT2D eigenvalue weighted by molar-refractivity contribution is 7.88. The Morgan fingerprint density at radius 1 is 1.11 bits per heavy atom. The number of amides is 2. The number of nitrogens with one attached hydrogen (secondary N) is 2. The van der Waals surface area contributed by atoms with Gasteiger partial charge in [-0.15, -0.1) is 0 Å². The maximum absolute atomic E-state index is 13.1. The molecule has 28 heavy (non-hydrogen) atoms. The van der Waals surface area contributed by atoms with Gasteiger partial charge in [0, 0.05) is 17.6 Å². The number of rotatable bonds is 3. The first kappa shape index (κ1) is 18.9. The average Bonchev–Trinajstić information content (AvgIpc) is 3.00. The number of benzene rings is 2. The largest absolute Gasteiger partial charge is 0.325 e. The van der Waals surface area contributed by atoms with Gasteiger partial charge < -0.3 is 10.2 Å². The van der Waals surface area contributed by atoms with Crippen LogP contribution in [0.3, 0.4) is 0 Å². The van der Waals surface area contributed by atoms with Crippen LogP contribution in [0.4, 0.5) is 5.69 Å². The lowest BCUT2D eigenvalue weighted by Crippen LogP contribution is -2.41. The molecule has 0 unspecified atom stereocenters. The Hall–Kier alpha value is -2.42. The van der Waals surface area contributed by atoms with E-state index in [1.165, 1.54) is 4.90 Å². The van der Waals surface area contributed by atoms with Gasteiger partial charge in [0.15, 0.2) is 0 Å². The first-order valence-corrected chi connectivity index (χ1v) is 11.0. The molecule has 0 bridgehead atoms. The Kier molecular flexibility index (Phi) is 4.65. The zero-order valence-corrected chi connectivity index (χ0v) is 16.5. The standard InChI is InChI=1S/C19H18ClN3O4S/c1-28(26,27)22-14-9-17-18(24)21-16-7-4-12(11-2-5-13(20)6-3-11)8-15(16)19(25)23(17)10-14/h2-8,14,17,22H,9-10H2,1H3,(H,21,24)/t14-,17-/m1/s1. The summed E-state index contributed by atoms with van der Waals surface area (Å²) < 4.78 is 25.5. The van der Waals surface area contributed by atoms with E-state index in [1.807, 2.05) is 18.2 Å². The van der Waals surface area contributed by atoms with Crippen LogP contribution in [0, 0.1) is 0 Å². The molecule has 2 aliphatic heterocycles. The van der Waals surface area contributed by atoms with Crippen LogP contribution < -0.4 is 10.0 Å². The molecular formula is C19H18ClN3O4S. The van der Waals surface area contributed by atoms with E-state index in [-0.39, 0.29) is 24.8 Å². The van der Waals surface area contributed by atoms with Crippen LogP contribution in [-0.2, 0) is 14.8 Å². The summed E-state index contributed by atoms with van der Waals surface area (Å²) in [6, 6.07) is 11.3. The number of carbonyl (C=O) groups is 2. The third-order valence-electron chi connectivity index (χ3n) is 4.93. The van der Waals surface area contributed by atoms with E-state index in [4.69, 9.17) is 11.6 Å². The zero-order chi connectivity index (χ0) is 20.1. The summed E-state index contributed by atoms with van der Waals surface area (Å²) >= 11 is 5.94. The highest BCUT2D eigenvalue weighted by Gasteiger charge is 2.43. The summed E-state index contributed by atoms with van der Waals surface area (Å²) in [5.41, 5.74) is 2.55. The molecule has 2 N–H and O–H groups in total. The second-order valence-electron chi connectivity index (χ2n) is 7.05. The molecule has 4 rings (SSSR count). The molecule has 2 heterocycles. The van der Waals surface area contributed by atoms with E-state index in [0.717, 1.165) is 17.4 Å². The van der Waals surface area contributed by atoms with Gasteiger partial charge in [-0.3, -0.25) is 9.59 Å². The minimum absolute atomic E-state index is 0.147. The average molecular weight is 420 g/mol. The Morgan fingerprint density at radius 2 is 1.79 bits per heavy atom. The maximum atomic E-state index is 13.1. The summed E-state index contributed by atoms with van der Waals surface area (Å²) in [5.74, 6) is -0.615. The van der Waals surface area contributed by atoms with Crippen LogP contribution in [0.15, 0.2) is 42.5 Å². The number of sulfonamides is 1. The molecule has 2 amide bonds. The number of nitrogens with zero attached hydrogens (tertiary/aromatic N) is 1. The van der Waals surface area contributed by atoms with Gasteiger partial charge in [0.2, 0.25) is 15.9 Å². The van der Waals surface area contributed by atoms with Crippen molar-refractivity contribution in [1.82, 2.24) is 9.62 Å². The zero-order valence-electron chi connectivity index (χ0n) is 15.0. The molecule has 2 aromatic rings. The van der Waals surface area contributed by atoms with Gasteiger partial charge in [0.25, 0.3) is 5.91 Å². The second kappa shape index (κ2) is 6.88. The van der Waals surface area contributed by atoms with Crippen LogP contribution >= 0.6 is 11.6 Å². The maximum Gasteiger partial charge on any atom is 0.256 e. The summed E-state index contributed by atoms with van der Waals surface area (Å²) in [4.78, 5) is 27.2. The van der Waals surface area contributed by atoms with Gasteiger partial charge in [-0.2, -0.15) is 0 Å². The fourth-order valence-corrected chi connectivity index (χ4v) is 4.62. The smallest absolute Gasteiger partial charge is 0.256 e. The summed E-state index contributed by atoms with van der Waals surface area (Å²) in [6.07, 6.45) is 1.30. The molecule has 7 nitrogen and oxygen atoms in total. The molecule has 2 aromatic carbocycles.